The standard InChI is InChI=1S/C34H51ClN6O3S/c1-45(43,44)39-24-15-32-30(26-39)34(28-11-12-31(35)27(25-28)9-3-6-18-37-16-4-2-5-17-37)36-41(32)21-8-19-38-22-13-29(14-23-38)40-20-7-10-33(40)42/h11-12,25,29H,2-10,13-24,26H2,1H3. The van der Waals surface area contributed by atoms with Crippen LogP contribution in [0.15, 0.2) is 18.2 Å². The highest BCUT2D eigenvalue weighted by molar-refractivity contribution is 7.88. The first-order chi connectivity index (χ1) is 21.8. The Kier molecular flexibility index (Phi) is 10.9. The number of sulfonamides is 1. The first-order valence-corrected chi connectivity index (χ1v) is 19.6. The molecule has 4 aliphatic heterocycles. The smallest absolute Gasteiger partial charge is 0.222 e. The Labute approximate surface area is 274 Å². The third-order valence-corrected chi connectivity index (χ3v) is 12.1. The van der Waals surface area contributed by atoms with Gasteiger partial charge in [0, 0.05) is 80.0 Å². The largest absolute Gasteiger partial charge is 0.340 e. The van der Waals surface area contributed by atoms with Gasteiger partial charge < -0.3 is 14.7 Å². The lowest BCUT2D eigenvalue weighted by Crippen LogP contribution is -2.45. The maximum absolute atomic E-state index is 12.5. The fraction of sp³-hybridized carbons (Fsp3) is 0.706. The summed E-state index contributed by atoms with van der Waals surface area (Å²) >= 11 is 6.69. The van der Waals surface area contributed by atoms with E-state index in [1.54, 1.807) is 4.31 Å². The first kappa shape index (κ1) is 32.9. The molecule has 4 aliphatic rings. The molecule has 0 radical (unpaired) electrons. The summed E-state index contributed by atoms with van der Waals surface area (Å²) in [6, 6.07) is 6.62. The third-order valence-electron chi connectivity index (χ3n) is 10.5. The Morgan fingerprint density at radius 1 is 0.867 bits per heavy atom. The molecule has 0 unspecified atom stereocenters. The van der Waals surface area contributed by atoms with E-state index in [0.717, 1.165) is 111 Å². The van der Waals surface area contributed by atoms with Crippen molar-refractivity contribution in [3.05, 3.63) is 40.0 Å². The number of carbonyl (C=O) groups excluding carboxylic acids is 1. The van der Waals surface area contributed by atoms with Gasteiger partial charge in [0.15, 0.2) is 0 Å². The molecular weight excluding hydrogens is 608 g/mol. The van der Waals surface area contributed by atoms with Crippen LogP contribution in [-0.4, -0.2) is 108 Å². The molecular formula is C34H51ClN6O3S. The molecule has 248 valence electrons. The van der Waals surface area contributed by atoms with Crippen molar-refractivity contribution in [1.29, 1.82) is 0 Å². The van der Waals surface area contributed by atoms with Crippen molar-refractivity contribution in [1.82, 2.24) is 28.8 Å². The SMILES string of the molecule is CS(=O)(=O)N1CCc2c(c(-c3ccc(Cl)c(CCCCN4CCCCC4)c3)nn2CCCN2CCC(N3CCCC3=O)CC2)C1. The number of piperidine rings is 2. The quantitative estimate of drug-likeness (QED) is 0.305. The van der Waals surface area contributed by atoms with Crippen LogP contribution >= 0.6 is 11.6 Å². The van der Waals surface area contributed by atoms with Crippen molar-refractivity contribution in [2.75, 3.05) is 58.6 Å². The summed E-state index contributed by atoms with van der Waals surface area (Å²) in [5, 5.41) is 5.94. The van der Waals surface area contributed by atoms with Crippen LogP contribution < -0.4 is 0 Å². The van der Waals surface area contributed by atoms with Crippen LogP contribution in [0.2, 0.25) is 5.02 Å². The summed E-state index contributed by atoms with van der Waals surface area (Å²) in [5.74, 6) is 0.336. The molecule has 0 N–H and O–H groups in total. The van der Waals surface area contributed by atoms with E-state index >= 15 is 0 Å². The molecule has 2 aromatic rings. The van der Waals surface area contributed by atoms with E-state index in [4.69, 9.17) is 16.7 Å². The van der Waals surface area contributed by atoms with Gasteiger partial charge in [0.2, 0.25) is 15.9 Å². The molecule has 3 saturated heterocycles. The molecule has 1 aromatic heterocycles. The lowest BCUT2D eigenvalue weighted by molar-refractivity contribution is -0.130. The van der Waals surface area contributed by atoms with Gasteiger partial charge in [-0.1, -0.05) is 24.1 Å². The number of hydrogen-bond donors (Lipinski definition) is 0. The van der Waals surface area contributed by atoms with Crippen LogP contribution in [0.4, 0.5) is 0 Å². The lowest BCUT2D eigenvalue weighted by Gasteiger charge is -2.36. The van der Waals surface area contributed by atoms with E-state index in [2.05, 4.69) is 25.4 Å². The zero-order valence-corrected chi connectivity index (χ0v) is 28.6. The van der Waals surface area contributed by atoms with E-state index < -0.39 is 10.0 Å². The third kappa shape index (κ3) is 8.12. The molecule has 6 rings (SSSR count). The van der Waals surface area contributed by atoms with Crippen LogP contribution in [0.3, 0.4) is 0 Å². The molecule has 3 fully saturated rings. The molecule has 0 saturated carbocycles. The summed E-state index contributed by atoms with van der Waals surface area (Å²) in [6.45, 7) is 9.28. The molecule has 1 amide bonds. The van der Waals surface area contributed by atoms with Gasteiger partial charge in [-0.15, -0.1) is 0 Å². The minimum absolute atomic E-state index is 0.336. The number of amides is 1. The van der Waals surface area contributed by atoms with Gasteiger partial charge in [0.25, 0.3) is 0 Å². The molecule has 0 spiro atoms. The summed E-state index contributed by atoms with van der Waals surface area (Å²) in [4.78, 5) is 19.4. The van der Waals surface area contributed by atoms with E-state index in [1.807, 2.05) is 12.1 Å². The van der Waals surface area contributed by atoms with Gasteiger partial charge >= 0.3 is 0 Å². The number of likely N-dealkylation sites (tertiary alicyclic amines) is 3. The lowest BCUT2D eigenvalue weighted by atomic mass is 9.98. The molecule has 9 nitrogen and oxygen atoms in total. The van der Waals surface area contributed by atoms with E-state index in [0.29, 0.717) is 37.9 Å². The predicted octanol–water partition coefficient (Wildman–Crippen LogP) is 4.81. The number of hydrogen-bond acceptors (Lipinski definition) is 6. The van der Waals surface area contributed by atoms with E-state index in [1.165, 1.54) is 45.0 Å². The van der Waals surface area contributed by atoms with Gasteiger partial charge in [-0.2, -0.15) is 9.40 Å². The number of carbonyl (C=O) groups is 1. The number of aryl methyl sites for hydroxylation is 2. The van der Waals surface area contributed by atoms with Crippen molar-refractivity contribution in [3.63, 3.8) is 0 Å². The molecule has 5 heterocycles. The predicted molar refractivity (Wildman–Crippen MR) is 180 cm³/mol. The number of halogens is 1. The molecule has 0 atom stereocenters. The Morgan fingerprint density at radius 2 is 1.62 bits per heavy atom. The van der Waals surface area contributed by atoms with Gasteiger partial charge in [-0.05, 0) is 102 Å². The van der Waals surface area contributed by atoms with Gasteiger partial charge in [-0.3, -0.25) is 9.48 Å². The van der Waals surface area contributed by atoms with Gasteiger partial charge in [-0.25, -0.2) is 8.42 Å². The monoisotopic (exact) mass is 658 g/mol. The number of benzene rings is 1. The van der Waals surface area contributed by atoms with Crippen molar-refractivity contribution < 1.29 is 13.2 Å². The van der Waals surface area contributed by atoms with Crippen LogP contribution in [0.5, 0.6) is 0 Å². The van der Waals surface area contributed by atoms with Crippen molar-refractivity contribution in [2.24, 2.45) is 0 Å². The number of nitrogens with zero attached hydrogens (tertiary/aromatic N) is 6. The van der Waals surface area contributed by atoms with Crippen LogP contribution in [0.1, 0.15) is 81.0 Å². The maximum Gasteiger partial charge on any atom is 0.222 e. The van der Waals surface area contributed by atoms with Gasteiger partial charge in [0.05, 0.1) is 11.9 Å². The zero-order chi connectivity index (χ0) is 31.4. The van der Waals surface area contributed by atoms with Crippen LogP contribution in [0.25, 0.3) is 11.3 Å². The summed E-state index contributed by atoms with van der Waals surface area (Å²) in [7, 11) is -3.30. The molecule has 11 heteroatoms. The summed E-state index contributed by atoms with van der Waals surface area (Å²) in [6.07, 6.45) is 14.0. The Morgan fingerprint density at radius 3 is 2.36 bits per heavy atom. The Balaban J connectivity index is 1.11. The minimum atomic E-state index is -3.30. The zero-order valence-electron chi connectivity index (χ0n) is 27.1. The second-order valence-electron chi connectivity index (χ2n) is 13.6. The first-order valence-electron chi connectivity index (χ1n) is 17.3. The van der Waals surface area contributed by atoms with Crippen LogP contribution in [-0.2, 0) is 40.7 Å². The van der Waals surface area contributed by atoms with Crippen molar-refractivity contribution >= 4 is 27.5 Å². The van der Waals surface area contributed by atoms with Crippen molar-refractivity contribution in [3.8, 4) is 11.3 Å². The Bertz CT molecular complexity index is 1430. The average Bonchev–Trinajstić information content (AvgIpc) is 3.63. The normalized spacial score (nSPS) is 21.1. The fourth-order valence-corrected chi connectivity index (χ4v) is 8.87. The molecule has 45 heavy (non-hydrogen) atoms. The summed E-state index contributed by atoms with van der Waals surface area (Å²) < 4.78 is 28.8. The fourth-order valence-electron chi connectivity index (χ4n) is 7.87. The second kappa shape index (κ2) is 14.8. The van der Waals surface area contributed by atoms with Gasteiger partial charge in [0.1, 0.15) is 0 Å². The van der Waals surface area contributed by atoms with E-state index in [9.17, 15) is 13.2 Å². The van der Waals surface area contributed by atoms with E-state index in [-0.39, 0.29) is 0 Å². The Hall–Kier alpha value is -1.98. The number of fused-ring (bicyclic) bond motifs is 1. The highest BCUT2D eigenvalue weighted by atomic mass is 35.5. The van der Waals surface area contributed by atoms with Crippen molar-refractivity contribution in [2.45, 2.75) is 96.2 Å². The average molecular weight is 659 g/mol. The number of rotatable bonds is 12. The number of aromatic nitrogens is 2. The minimum Gasteiger partial charge on any atom is -0.340 e. The molecule has 0 bridgehead atoms. The molecule has 0 aliphatic carbocycles. The molecule has 1 aromatic carbocycles. The number of unbranched alkanes of at least 4 members (excludes halogenated alkanes) is 1. The maximum atomic E-state index is 12.5. The summed E-state index contributed by atoms with van der Waals surface area (Å²) in [5.41, 5.74) is 5.25. The topological polar surface area (TPSA) is 82.0 Å². The highest BCUT2D eigenvalue weighted by Gasteiger charge is 2.32. The van der Waals surface area contributed by atoms with Crippen LogP contribution in [0, 0.1) is 0 Å². The second-order valence-corrected chi connectivity index (χ2v) is 16.0. The highest BCUT2D eigenvalue weighted by Crippen LogP contribution is 2.33.